The molecule has 118 valence electrons. The van der Waals surface area contributed by atoms with Crippen LogP contribution in [0.5, 0.6) is 0 Å². The lowest BCUT2D eigenvalue weighted by Crippen LogP contribution is -2.19. The summed E-state index contributed by atoms with van der Waals surface area (Å²) in [5.74, 6) is 0.813. The molecule has 1 aromatic carbocycles. The highest BCUT2D eigenvalue weighted by Crippen LogP contribution is 2.29. The number of urea groups is 1. The van der Waals surface area contributed by atoms with Gasteiger partial charge in [-0.25, -0.2) is 4.79 Å². The maximum absolute atomic E-state index is 12.4. The average Bonchev–Trinajstić information content (AvgIpc) is 2.86. The van der Waals surface area contributed by atoms with Gasteiger partial charge < -0.3 is 5.32 Å². The maximum Gasteiger partial charge on any atom is 0.416 e. The molecule has 2 N–H and O–H groups in total. The third kappa shape index (κ3) is 4.60. The van der Waals surface area contributed by atoms with Crippen molar-refractivity contribution in [1.82, 2.24) is 9.36 Å². The monoisotopic (exact) mass is 348 g/mol. The fourth-order valence-corrected chi connectivity index (χ4v) is 2.72. The molecule has 0 aliphatic rings. The number of carbonyl (C=O) groups excluding carboxylic acids is 1. The third-order valence-electron chi connectivity index (χ3n) is 2.37. The van der Waals surface area contributed by atoms with Gasteiger partial charge in [-0.1, -0.05) is 18.7 Å². The summed E-state index contributed by atoms with van der Waals surface area (Å²) in [5.41, 5.74) is -0.526. The van der Waals surface area contributed by atoms with Crippen molar-refractivity contribution in [3.05, 3.63) is 29.8 Å². The van der Waals surface area contributed by atoms with Gasteiger partial charge >= 0.3 is 12.2 Å². The van der Waals surface area contributed by atoms with Crippen molar-refractivity contribution in [1.29, 1.82) is 0 Å². The van der Waals surface area contributed by atoms with Crippen LogP contribution in [-0.2, 0) is 6.18 Å². The Balaban J connectivity index is 1.93. The van der Waals surface area contributed by atoms with Crippen LogP contribution >= 0.6 is 23.3 Å². The minimum absolute atomic E-state index is 0.248. The van der Waals surface area contributed by atoms with Crippen molar-refractivity contribution in [3.63, 3.8) is 0 Å². The van der Waals surface area contributed by atoms with Gasteiger partial charge in [0.25, 0.3) is 0 Å². The van der Waals surface area contributed by atoms with Crippen molar-refractivity contribution in [2.45, 2.75) is 18.3 Å². The number of alkyl halides is 3. The second kappa shape index (κ2) is 6.97. The first-order chi connectivity index (χ1) is 10.4. The Labute approximate surface area is 132 Å². The van der Waals surface area contributed by atoms with Crippen molar-refractivity contribution >= 4 is 40.1 Å². The summed E-state index contributed by atoms with van der Waals surface area (Å²) in [6, 6.07) is 3.57. The van der Waals surface area contributed by atoms with Gasteiger partial charge in [0.05, 0.1) is 5.56 Å². The topological polar surface area (TPSA) is 66.9 Å². The molecule has 0 radical (unpaired) electrons. The number of halogens is 3. The number of amides is 2. The van der Waals surface area contributed by atoms with Gasteiger partial charge in [0.2, 0.25) is 10.3 Å². The predicted octanol–water partition coefficient (Wildman–Crippen LogP) is 4.31. The zero-order chi connectivity index (χ0) is 16.2. The van der Waals surface area contributed by atoms with Gasteiger partial charge in [0.15, 0.2) is 0 Å². The summed E-state index contributed by atoms with van der Waals surface area (Å²) in [6.45, 7) is 1.95. The standard InChI is InChI=1S/C12H11F3N4OS2/c1-2-21-11-18-10(22-19-11)17-9(20)16-8-5-3-7(4-6-8)12(13,14)15/h3-6H,2H2,1H3,(H2,16,17,18,19,20). The lowest BCUT2D eigenvalue weighted by atomic mass is 10.2. The SMILES string of the molecule is CCSc1nsc(NC(=O)Nc2ccc(C(F)(F)F)cc2)n1. The Morgan fingerprint density at radius 2 is 1.95 bits per heavy atom. The van der Waals surface area contributed by atoms with Crippen LogP contribution in [0, 0.1) is 0 Å². The van der Waals surface area contributed by atoms with Crippen LogP contribution in [-0.4, -0.2) is 21.1 Å². The number of thioether (sulfide) groups is 1. The summed E-state index contributed by atoms with van der Waals surface area (Å²) in [4.78, 5) is 15.8. The van der Waals surface area contributed by atoms with E-state index in [1.54, 1.807) is 0 Å². The molecule has 0 aliphatic heterocycles. The Morgan fingerprint density at radius 1 is 1.27 bits per heavy atom. The second-order valence-electron chi connectivity index (χ2n) is 3.97. The summed E-state index contributed by atoms with van der Waals surface area (Å²) in [6.07, 6.45) is -4.40. The second-order valence-corrected chi connectivity index (χ2v) is 5.95. The Bertz CT molecular complexity index is 643. The first-order valence-corrected chi connectivity index (χ1v) is 7.86. The van der Waals surface area contributed by atoms with Crippen LogP contribution < -0.4 is 10.6 Å². The van der Waals surface area contributed by atoms with Crippen LogP contribution in [0.2, 0.25) is 0 Å². The van der Waals surface area contributed by atoms with E-state index in [0.29, 0.717) is 10.3 Å². The summed E-state index contributed by atoms with van der Waals surface area (Å²) >= 11 is 2.47. The fourth-order valence-electron chi connectivity index (χ4n) is 1.45. The number of aromatic nitrogens is 2. The van der Waals surface area contributed by atoms with E-state index in [4.69, 9.17) is 0 Å². The zero-order valence-corrected chi connectivity index (χ0v) is 12.9. The molecule has 2 amide bonds. The van der Waals surface area contributed by atoms with Gasteiger partial charge in [-0.3, -0.25) is 5.32 Å². The Kier molecular flexibility index (Phi) is 5.24. The number of nitrogens with zero attached hydrogens (tertiary/aromatic N) is 2. The van der Waals surface area contributed by atoms with Gasteiger partial charge in [0, 0.05) is 17.2 Å². The lowest BCUT2D eigenvalue weighted by Gasteiger charge is -2.08. The third-order valence-corrected chi connectivity index (χ3v) is 3.85. The molecule has 0 atom stereocenters. The van der Waals surface area contributed by atoms with E-state index in [-0.39, 0.29) is 5.69 Å². The molecule has 2 aromatic rings. The van der Waals surface area contributed by atoms with Gasteiger partial charge in [-0.15, -0.1) is 0 Å². The number of benzene rings is 1. The largest absolute Gasteiger partial charge is 0.416 e. The molecule has 1 heterocycles. The van der Waals surface area contributed by atoms with Crippen molar-refractivity contribution in [3.8, 4) is 0 Å². The number of hydrogen-bond acceptors (Lipinski definition) is 5. The number of rotatable bonds is 4. The molecule has 0 aliphatic carbocycles. The van der Waals surface area contributed by atoms with Crippen LogP contribution in [0.1, 0.15) is 12.5 Å². The number of anilines is 2. The summed E-state index contributed by atoms with van der Waals surface area (Å²) in [7, 11) is 0. The smallest absolute Gasteiger partial charge is 0.308 e. The highest BCUT2D eigenvalue weighted by atomic mass is 32.2. The van der Waals surface area contributed by atoms with Crippen LogP contribution in [0.4, 0.5) is 28.8 Å². The first kappa shape index (κ1) is 16.6. The predicted molar refractivity (Wildman–Crippen MR) is 80.4 cm³/mol. The molecule has 0 spiro atoms. The molecular formula is C12H11F3N4OS2. The molecule has 2 rings (SSSR count). The van der Waals surface area contributed by atoms with Crippen LogP contribution in [0.15, 0.2) is 29.4 Å². The minimum Gasteiger partial charge on any atom is -0.308 e. The van der Waals surface area contributed by atoms with Crippen molar-refractivity contribution < 1.29 is 18.0 Å². The van der Waals surface area contributed by atoms with Crippen LogP contribution in [0.25, 0.3) is 0 Å². The van der Waals surface area contributed by atoms with Crippen molar-refractivity contribution in [2.75, 3.05) is 16.4 Å². The molecule has 0 saturated carbocycles. The van der Waals surface area contributed by atoms with Gasteiger partial charge in [-0.2, -0.15) is 22.5 Å². The van der Waals surface area contributed by atoms with E-state index in [1.807, 2.05) is 6.92 Å². The normalized spacial score (nSPS) is 11.3. The molecule has 10 heteroatoms. The van der Waals surface area contributed by atoms with E-state index in [2.05, 4.69) is 20.0 Å². The van der Waals surface area contributed by atoms with E-state index in [1.165, 1.54) is 23.9 Å². The average molecular weight is 348 g/mol. The van der Waals surface area contributed by atoms with E-state index >= 15 is 0 Å². The molecule has 5 nitrogen and oxygen atoms in total. The number of nitrogens with one attached hydrogen (secondary N) is 2. The van der Waals surface area contributed by atoms with E-state index in [9.17, 15) is 18.0 Å². The quantitative estimate of drug-likeness (QED) is 0.808. The molecule has 0 bridgehead atoms. The minimum atomic E-state index is -4.40. The molecule has 0 fully saturated rings. The van der Waals surface area contributed by atoms with Crippen molar-refractivity contribution in [2.24, 2.45) is 0 Å². The molecule has 22 heavy (non-hydrogen) atoms. The zero-order valence-electron chi connectivity index (χ0n) is 11.3. The Hall–Kier alpha value is -1.81. The summed E-state index contributed by atoms with van der Waals surface area (Å²) < 4.78 is 41.3. The van der Waals surface area contributed by atoms with Crippen LogP contribution in [0.3, 0.4) is 0 Å². The van der Waals surface area contributed by atoms with Gasteiger partial charge in [0.1, 0.15) is 0 Å². The fraction of sp³-hybridized carbons (Fsp3) is 0.250. The Morgan fingerprint density at radius 3 is 2.55 bits per heavy atom. The molecular weight excluding hydrogens is 337 g/mol. The maximum atomic E-state index is 12.4. The van der Waals surface area contributed by atoms with Gasteiger partial charge in [-0.05, 0) is 30.0 Å². The van der Waals surface area contributed by atoms with E-state index < -0.39 is 17.8 Å². The van der Waals surface area contributed by atoms with E-state index in [0.717, 1.165) is 29.4 Å². The molecule has 1 aromatic heterocycles. The summed E-state index contributed by atoms with van der Waals surface area (Å²) in [5, 5.41) is 5.79. The lowest BCUT2D eigenvalue weighted by molar-refractivity contribution is -0.137. The molecule has 0 saturated heterocycles. The highest BCUT2D eigenvalue weighted by Gasteiger charge is 2.29. The number of carbonyl (C=O) groups is 1. The molecule has 0 unspecified atom stereocenters. The highest BCUT2D eigenvalue weighted by molar-refractivity contribution is 7.99. The first-order valence-electron chi connectivity index (χ1n) is 6.10. The number of hydrogen-bond donors (Lipinski definition) is 2.